The molecule has 28 heavy (non-hydrogen) atoms. The van der Waals surface area contributed by atoms with Crippen molar-refractivity contribution in [2.45, 2.75) is 18.4 Å². The average molecular weight is 422 g/mol. The van der Waals surface area contributed by atoms with E-state index in [1.54, 1.807) is 18.2 Å². The summed E-state index contributed by atoms with van der Waals surface area (Å²) in [7, 11) is 0. The molecule has 2 aromatic rings. The van der Waals surface area contributed by atoms with Crippen molar-refractivity contribution in [1.29, 1.82) is 5.26 Å². The van der Waals surface area contributed by atoms with Crippen LogP contribution < -0.4 is 11.1 Å². The Hall–Kier alpha value is -2.89. The van der Waals surface area contributed by atoms with Crippen molar-refractivity contribution in [3.8, 4) is 6.07 Å². The Balaban J connectivity index is 1.73. The number of aromatic nitrogens is 1. The molecule has 1 fully saturated rings. The number of aliphatic imine (C=N–C) groups is 1. The molecule has 0 aliphatic heterocycles. The first-order valence-electron chi connectivity index (χ1n) is 8.12. The van der Waals surface area contributed by atoms with Crippen LogP contribution in [0.15, 0.2) is 35.5 Å². The number of carbonyl (C=O) groups is 1. The van der Waals surface area contributed by atoms with E-state index in [-0.39, 0.29) is 34.3 Å². The number of hydrogen-bond donors (Lipinski definition) is 2. The number of nitrogens with one attached hydrogen (secondary N) is 1. The molecule has 10 heteroatoms. The average Bonchev–Trinajstić information content (AvgIpc) is 3.41. The minimum Gasteiger partial charge on any atom is -0.461 e. The SMILES string of the molecule is N#Cc1cnc(C(=O)Nc2ccc(Cl)c([C@H]3C[C@H]3O/C(N)=N\CF)c2)c(Cl)c1. The number of ether oxygens (including phenoxy) is 1. The van der Waals surface area contributed by atoms with Crippen molar-refractivity contribution in [1.82, 2.24) is 4.98 Å². The number of carbonyl (C=O) groups excluding carboxylic acids is 1. The Bertz CT molecular complexity index is 992. The molecule has 1 aromatic carbocycles. The summed E-state index contributed by atoms with van der Waals surface area (Å²) in [5, 5.41) is 12.1. The van der Waals surface area contributed by atoms with Crippen LogP contribution in [0.25, 0.3) is 0 Å². The fraction of sp³-hybridized carbons (Fsp3) is 0.222. The summed E-state index contributed by atoms with van der Waals surface area (Å²) in [6.07, 6.45) is 1.65. The minimum atomic E-state index is -0.947. The van der Waals surface area contributed by atoms with Gasteiger partial charge in [-0.3, -0.25) is 4.79 Å². The van der Waals surface area contributed by atoms with Crippen LogP contribution in [0.1, 0.15) is 34.0 Å². The topological polar surface area (TPSA) is 113 Å². The number of pyridine rings is 1. The standard InChI is InChI=1S/C18H14Cl2FN5O2/c19-13-2-1-10(4-11(13)12-5-15(12)28-18(23)25-8-21)26-17(27)16-14(20)3-9(6-22)7-24-16/h1-4,7,12,15H,5,8H2,(H2,23,25)(H,26,27)/t12-,15-/m1/s1. The normalized spacial score (nSPS) is 18.3. The van der Waals surface area contributed by atoms with Crippen molar-refractivity contribution in [3.63, 3.8) is 0 Å². The van der Waals surface area contributed by atoms with Gasteiger partial charge in [0.2, 0.25) is 0 Å². The van der Waals surface area contributed by atoms with Gasteiger partial charge < -0.3 is 15.8 Å². The van der Waals surface area contributed by atoms with Crippen molar-refractivity contribution in [2.24, 2.45) is 10.7 Å². The van der Waals surface area contributed by atoms with Gasteiger partial charge in [-0.25, -0.2) is 14.4 Å². The maximum absolute atomic E-state index is 12.4. The molecule has 1 aliphatic carbocycles. The van der Waals surface area contributed by atoms with Gasteiger partial charge in [-0.05, 0) is 36.2 Å². The van der Waals surface area contributed by atoms with Crippen LogP contribution in [0, 0.1) is 11.3 Å². The van der Waals surface area contributed by atoms with E-state index in [1.807, 2.05) is 6.07 Å². The molecule has 0 spiro atoms. The highest BCUT2D eigenvalue weighted by atomic mass is 35.5. The van der Waals surface area contributed by atoms with Crippen LogP contribution in [0.4, 0.5) is 10.1 Å². The number of anilines is 1. The van der Waals surface area contributed by atoms with Crippen molar-refractivity contribution in [3.05, 3.63) is 57.3 Å². The lowest BCUT2D eigenvalue weighted by molar-refractivity contribution is 0.102. The van der Waals surface area contributed by atoms with Crippen LogP contribution >= 0.6 is 23.2 Å². The molecule has 0 radical (unpaired) electrons. The molecular weight excluding hydrogens is 408 g/mol. The quantitative estimate of drug-likeness (QED) is 0.434. The Kier molecular flexibility index (Phi) is 5.97. The predicted molar refractivity (Wildman–Crippen MR) is 103 cm³/mol. The first kappa shape index (κ1) is 19.9. The molecule has 0 saturated heterocycles. The molecule has 1 saturated carbocycles. The lowest BCUT2D eigenvalue weighted by Crippen LogP contribution is -2.18. The summed E-state index contributed by atoms with van der Waals surface area (Å²) in [6, 6.07) is 8.06. The molecule has 2 atom stereocenters. The third kappa shape index (κ3) is 4.50. The van der Waals surface area contributed by atoms with Gasteiger partial charge in [-0.1, -0.05) is 23.2 Å². The summed E-state index contributed by atoms with van der Waals surface area (Å²) in [4.78, 5) is 19.7. The van der Waals surface area contributed by atoms with Gasteiger partial charge in [-0.2, -0.15) is 5.26 Å². The molecule has 0 unspecified atom stereocenters. The van der Waals surface area contributed by atoms with Crippen LogP contribution in [0.5, 0.6) is 0 Å². The number of amidine groups is 1. The van der Waals surface area contributed by atoms with E-state index in [0.29, 0.717) is 17.1 Å². The molecule has 3 N–H and O–H groups in total. The summed E-state index contributed by atoms with van der Waals surface area (Å²) >= 11 is 12.3. The van der Waals surface area contributed by atoms with Gasteiger partial charge in [0, 0.05) is 22.8 Å². The van der Waals surface area contributed by atoms with E-state index in [0.717, 1.165) is 5.56 Å². The molecule has 144 valence electrons. The van der Waals surface area contributed by atoms with Gasteiger partial charge >= 0.3 is 0 Å². The second-order valence-corrected chi connectivity index (χ2v) is 6.79. The molecular formula is C18H14Cl2FN5O2. The number of nitriles is 1. The zero-order valence-corrected chi connectivity index (χ0v) is 15.8. The number of amides is 1. The van der Waals surface area contributed by atoms with Gasteiger partial charge in [0.05, 0.1) is 10.6 Å². The van der Waals surface area contributed by atoms with E-state index in [4.69, 9.17) is 38.9 Å². The highest BCUT2D eigenvalue weighted by Gasteiger charge is 2.42. The molecule has 0 bridgehead atoms. The Labute approximate surface area is 169 Å². The van der Waals surface area contributed by atoms with Crippen LogP contribution in [0.2, 0.25) is 10.0 Å². The Morgan fingerprint density at radius 1 is 1.43 bits per heavy atom. The van der Waals surface area contributed by atoms with E-state index >= 15 is 0 Å². The third-order valence-corrected chi connectivity index (χ3v) is 4.69. The molecule has 1 amide bonds. The first-order valence-corrected chi connectivity index (χ1v) is 8.87. The monoisotopic (exact) mass is 421 g/mol. The van der Waals surface area contributed by atoms with Crippen LogP contribution in [-0.4, -0.2) is 29.8 Å². The molecule has 1 heterocycles. The Morgan fingerprint density at radius 2 is 2.21 bits per heavy atom. The van der Waals surface area contributed by atoms with E-state index < -0.39 is 12.7 Å². The molecule has 3 rings (SSSR count). The fourth-order valence-corrected chi connectivity index (χ4v) is 3.15. The third-order valence-electron chi connectivity index (χ3n) is 4.06. The molecule has 1 aliphatic rings. The number of nitrogens with two attached hydrogens (primary N) is 1. The van der Waals surface area contributed by atoms with Gasteiger partial charge in [0.15, 0.2) is 6.80 Å². The van der Waals surface area contributed by atoms with Crippen molar-refractivity contribution >= 4 is 40.8 Å². The molecule has 1 aromatic heterocycles. The second-order valence-electron chi connectivity index (χ2n) is 5.97. The number of nitrogens with zero attached hydrogens (tertiary/aromatic N) is 3. The van der Waals surface area contributed by atoms with E-state index in [9.17, 15) is 9.18 Å². The van der Waals surface area contributed by atoms with Gasteiger partial charge in [-0.15, -0.1) is 0 Å². The highest BCUT2D eigenvalue weighted by molar-refractivity contribution is 6.34. The van der Waals surface area contributed by atoms with E-state index in [1.165, 1.54) is 12.3 Å². The second kappa shape index (κ2) is 8.42. The summed E-state index contributed by atoms with van der Waals surface area (Å²) in [5.41, 5.74) is 6.96. The van der Waals surface area contributed by atoms with Gasteiger partial charge in [0.1, 0.15) is 17.9 Å². The highest BCUT2D eigenvalue weighted by Crippen LogP contribution is 2.46. The van der Waals surface area contributed by atoms with Crippen LogP contribution in [0.3, 0.4) is 0 Å². The smallest absolute Gasteiger partial charge is 0.284 e. The maximum Gasteiger partial charge on any atom is 0.284 e. The fourth-order valence-electron chi connectivity index (χ4n) is 2.64. The van der Waals surface area contributed by atoms with Gasteiger partial charge in [0.25, 0.3) is 11.9 Å². The lowest BCUT2D eigenvalue weighted by atomic mass is 10.1. The number of alkyl halides is 1. The Morgan fingerprint density at radius 3 is 2.89 bits per heavy atom. The number of halogens is 3. The summed E-state index contributed by atoms with van der Waals surface area (Å²) in [5.74, 6) is -0.569. The maximum atomic E-state index is 12.4. The first-order chi connectivity index (χ1) is 13.4. The van der Waals surface area contributed by atoms with Crippen molar-refractivity contribution < 1.29 is 13.9 Å². The van der Waals surface area contributed by atoms with E-state index in [2.05, 4.69) is 15.3 Å². The minimum absolute atomic E-state index is 0.00000557. The van der Waals surface area contributed by atoms with Crippen molar-refractivity contribution in [2.75, 3.05) is 12.1 Å². The number of rotatable bonds is 5. The lowest BCUT2D eigenvalue weighted by Gasteiger charge is -2.10. The predicted octanol–water partition coefficient (Wildman–Crippen LogP) is 3.63. The zero-order valence-electron chi connectivity index (χ0n) is 14.3. The largest absolute Gasteiger partial charge is 0.461 e. The van der Waals surface area contributed by atoms with Crippen LogP contribution in [-0.2, 0) is 4.74 Å². The molecule has 7 nitrogen and oxygen atoms in total. The number of hydrogen-bond acceptors (Lipinski definition) is 5. The zero-order chi connectivity index (χ0) is 20.3. The summed E-state index contributed by atoms with van der Waals surface area (Å²) < 4.78 is 17.5. The number of benzene rings is 1. The summed E-state index contributed by atoms with van der Waals surface area (Å²) in [6.45, 7) is -0.947.